The van der Waals surface area contributed by atoms with Crippen molar-refractivity contribution in [3.8, 4) is 0 Å². The van der Waals surface area contributed by atoms with Crippen LogP contribution in [0.4, 0.5) is 5.69 Å². The highest BCUT2D eigenvalue weighted by Gasteiger charge is 2.41. The lowest BCUT2D eigenvalue weighted by Crippen LogP contribution is -2.24. The molecule has 5 heteroatoms. The summed E-state index contributed by atoms with van der Waals surface area (Å²) in [5, 5.41) is 12.3. The summed E-state index contributed by atoms with van der Waals surface area (Å²) in [6.45, 7) is 2.94. The Morgan fingerprint density at radius 3 is 2.47 bits per heavy atom. The lowest BCUT2D eigenvalue weighted by Gasteiger charge is -2.10. The normalized spacial score (nSPS) is 16.6. The average molecular weight is 375 g/mol. The van der Waals surface area contributed by atoms with Gasteiger partial charge in [-0.25, -0.2) is 0 Å². The van der Waals surface area contributed by atoms with E-state index in [9.17, 15) is 5.11 Å². The fraction of sp³-hybridized carbons (Fsp3) is 0.500. The molecule has 1 fully saturated rings. The van der Waals surface area contributed by atoms with Gasteiger partial charge in [0.25, 0.3) is 0 Å². The van der Waals surface area contributed by atoms with Crippen LogP contribution in [0.15, 0.2) is 29.3 Å². The molecule has 0 bridgehead atoms. The van der Waals surface area contributed by atoms with Crippen LogP contribution < -0.4 is 11.1 Å². The molecule has 0 radical (unpaired) electrons. The van der Waals surface area contributed by atoms with Gasteiger partial charge in [-0.2, -0.15) is 0 Å². The van der Waals surface area contributed by atoms with Gasteiger partial charge < -0.3 is 16.2 Å². The van der Waals surface area contributed by atoms with Crippen LogP contribution in [-0.4, -0.2) is 24.2 Å². The summed E-state index contributed by atoms with van der Waals surface area (Å²) >= 11 is 0. The second kappa shape index (κ2) is 7.09. The first-order chi connectivity index (χ1) is 8.67. The maximum absolute atomic E-state index is 9.19. The van der Waals surface area contributed by atoms with Gasteiger partial charge >= 0.3 is 0 Å². The molecule has 2 rings (SSSR count). The maximum Gasteiger partial charge on any atom is 0.193 e. The zero-order chi connectivity index (χ0) is 13.0. The van der Waals surface area contributed by atoms with Crippen LogP contribution in [0.25, 0.3) is 0 Å². The molecule has 19 heavy (non-hydrogen) atoms. The molecule has 0 spiro atoms. The Bertz CT molecular complexity index is 427. The Balaban J connectivity index is 0.00000180. The van der Waals surface area contributed by atoms with Crippen molar-refractivity contribution < 1.29 is 5.11 Å². The molecule has 0 aliphatic heterocycles. The molecule has 1 aliphatic rings. The van der Waals surface area contributed by atoms with Gasteiger partial charge in [0.05, 0.1) is 13.2 Å². The highest BCUT2D eigenvalue weighted by atomic mass is 127. The number of aryl methyl sites for hydroxylation is 1. The molecule has 0 amide bonds. The number of benzene rings is 1. The van der Waals surface area contributed by atoms with Gasteiger partial charge in [-0.05, 0) is 37.0 Å². The number of nitrogens with one attached hydrogen (secondary N) is 1. The topological polar surface area (TPSA) is 70.6 Å². The van der Waals surface area contributed by atoms with Crippen molar-refractivity contribution in [2.24, 2.45) is 16.1 Å². The van der Waals surface area contributed by atoms with E-state index in [0.29, 0.717) is 12.5 Å². The van der Waals surface area contributed by atoms with Crippen LogP contribution in [0.1, 0.15) is 25.3 Å². The number of anilines is 1. The van der Waals surface area contributed by atoms with E-state index in [2.05, 4.69) is 29.4 Å². The van der Waals surface area contributed by atoms with E-state index < -0.39 is 0 Å². The number of nitrogens with zero attached hydrogens (tertiary/aromatic N) is 1. The van der Waals surface area contributed by atoms with E-state index in [1.807, 2.05) is 12.1 Å². The average Bonchev–Trinajstić information content (AvgIpc) is 3.18. The third-order valence-electron chi connectivity index (χ3n) is 3.51. The molecule has 0 aromatic heterocycles. The van der Waals surface area contributed by atoms with Gasteiger partial charge in [-0.15, -0.1) is 24.0 Å². The summed E-state index contributed by atoms with van der Waals surface area (Å²) in [4.78, 5) is 4.29. The Hall–Kier alpha value is -0.820. The molecule has 4 nitrogen and oxygen atoms in total. The van der Waals surface area contributed by atoms with Gasteiger partial charge in [0, 0.05) is 11.1 Å². The number of hydrogen-bond acceptors (Lipinski definition) is 2. The Morgan fingerprint density at radius 1 is 1.37 bits per heavy atom. The molecular formula is C14H22IN3O. The van der Waals surface area contributed by atoms with Crippen molar-refractivity contribution in [3.63, 3.8) is 0 Å². The van der Waals surface area contributed by atoms with E-state index in [0.717, 1.165) is 24.9 Å². The van der Waals surface area contributed by atoms with E-state index >= 15 is 0 Å². The van der Waals surface area contributed by atoms with Gasteiger partial charge in [-0.3, -0.25) is 4.99 Å². The molecule has 106 valence electrons. The summed E-state index contributed by atoms with van der Waals surface area (Å²) in [6, 6.07) is 8.15. The van der Waals surface area contributed by atoms with E-state index in [4.69, 9.17) is 5.73 Å². The van der Waals surface area contributed by atoms with E-state index in [-0.39, 0.29) is 36.0 Å². The lowest BCUT2D eigenvalue weighted by atomic mass is 10.1. The SMILES string of the molecule is CCc1ccc(NC(N)=NCC2(CO)CC2)cc1.I. The smallest absolute Gasteiger partial charge is 0.193 e. The van der Waals surface area contributed by atoms with Crippen molar-refractivity contribution in [1.29, 1.82) is 0 Å². The number of aliphatic hydroxyl groups is 1. The second-order valence-corrected chi connectivity index (χ2v) is 5.04. The van der Waals surface area contributed by atoms with Crippen molar-refractivity contribution in [2.45, 2.75) is 26.2 Å². The first kappa shape index (κ1) is 16.2. The Labute approximate surface area is 131 Å². The summed E-state index contributed by atoms with van der Waals surface area (Å²) in [6.07, 6.45) is 3.12. The van der Waals surface area contributed by atoms with Crippen molar-refractivity contribution in [3.05, 3.63) is 29.8 Å². The fourth-order valence-corrected chi connectivity index (χ4v) is 1.81. The minimum atomic E-state index is 0. The fourth-order valence-electron chi connectivity index (χ4n) is 1.81. The standard InChI is InChI=1S/C14H21N3O.HI/c1-2-11-3-5-12(6-4-11)17-13(15)16-9-14(10-18)7-8-14;/h3-6,18H,2,7-10H2,1H3,(H3,15,16,17);1H. The van der Waals surface area contributed by atoms with Crippen molar-refractivity contribution in [2.75, 3.05) is 18.5 Å². The summed E-state index contributed by atoms with van der Waals surface area (Å²) < 4.78 is 0. The largest absolute Gasteiger partial charge is 0.396 e. The zero-order valence-corrected chi connectivity index (χ0v) is 13.6. The molecule has 1 saturated carbocycles. The van der Waals surface area contributed by atoms with E-state index in [1.54, 1.807) is 0 Å². The number of rotatable bonds is 5. The molecule has 4 N–H and O–H groups in total. The van der Waals surface area contributed by atoms with Gasteiger partial charge in [0.1, 0.15) is 0 Å². The molecule has 0 saturated heterocycles. The maximum atomic E-state index is 9.19. The molecule has 1 aromatic rings. The Morgan fingerprint density at radius 2 is 2.00 bits per heavy atom. The Kier molecular flexibility index (Phi) is 6.06. The highest BCUT2D eigenvalue weighted by Crippen LogP contribution is 2.45. The van der Waals surface area contributed by atoms with Gasteiger partial charge in [0.15, 0.2) is 5.96 Å². The van der Waals surface area contributed by atoms with Gasteiger partial charge in [-0.1, -0.05) is 19.1 Å². The number of aliphatic imine (C=N–C) groups is 1. The summed E-state index contributed by atoms with van der Waals surface area (Å²) in [7, 11) is 0. The summed E-state index contributed by atoms with van der Waals surface area (Å²) in [5.74, 6) is 0.416. The number of aliphatic hydroxyl groups excluding tert-OH is 1. The van der Waals surface area contributed by atoms with Gasteiger partial charge in [0.2, 0.25) is 0 Å². The molecule has 0 unspecified atom stereocenters. The number of halogens is 1. The lowest BCUT2D eigenvalue weighted by molar-refractivity contribution is 0.217. The van der Waals surface area contributed by atoms with Crippen molar-refractivity contribution >= 4 is 35.6 Å². The monoisotopic (exact) mass is 375 g/mol. The first-order valence-electron chi connectivity index (χ1n) is 6.44. The number of nitrogens with two attached hydrogens (primary N) is 1. The van der Waals surface area contributed by atoms with Crippen LogP contribution in [0, 0.1) is 5.41 Å². The number of guanidine groups is 1. The predicted octanol–water partition coefficient (Wildman–Crippen LogP) is 2.37. The molecule has 1 aromatic carbocycles. The van der Waals surface area contributed by atoms with E-state index in [1.165, 1.54) is 5.56 Å². The zero-order valence-electron chi connectivity index (χ0n) is 11.2. The minimum absolute atomic E-state index is 0. The van der Waals surface area contributed by atoms with Crippen LogP contribution in [0.3, 0.4) is 0 Å². The molecule has 0 heterocycles. The minimum Gasteiger partial charge on any atom is -0.396 e. The van der Waals surface area contributed by atoms with Crippen molar-refractivity contribution in [1.82, 2.24) is 0 Å². The molecular weight excluding hydrogens is 353 g/mol. The van der Waals surface area contributed by atoms with Crippen LogP contribution in [-0.2, 0) is 6.42 Å². The second-order valence-electron chi connectivity index (χ2n) is 5.04. The van der Waals surface area contributed by atoms with Crippen LogP contribution in [0.5, 0.6) is 0 Å². The quantitative estimate of drug-likeness (QED) is 0.421. The number of hydrogen-bond donors (Lipinski definition) is 3. The van der Waals surface area contributed by atoms with Crippen LogP contribution in [0.2, 0.25) is 0 Å². The summed E-state index contributed by atoms with van der Waals surface area (Å²) in [5.41, 5.74) is 8.08. The molecule has 0 atom stereocenters. The highest BCUT2D eigenvalue weighted by molar-refractivity contribution is 14.0. The molecule has 1 aliphatic carbocycles. The third-order valence-corrected chi connectivity index (χ3v) is 3.51. The predicted molar refractivity (Wildman–Crippen MR) is 90.1 cm³/mol. The first-order valence-corrected chi connectivity index (χ1v) is 6.44. The van der Waals surface area contributed by atoms with Crippen LogP contribution >= 0.6 is 24.0 Å². The third kappa shape index (κ3) is 4.65.